The topological polar surface area (TPSA) is 43.6 Å². The lowest BCUT2D eigenvalue weighted by molar-refractivity contribution is 0.0520. The van der Waals surface area contributed by atoms with Gasteiger partial charge >= 0.3 is 5.97 Å². The van der Waals surface area contributed by atoms with Crippen molar-refractivity contribution in [2.75, 3.05) is 6.61 Å². The summed E-state index contributed by atoms with van der Waals surface area (Å²) in [6.07, 6.45) is 2.95. The number of carbonyl (C=O) groups is 1. The second-order valence-electron chi connectivity index (χ2n) is 6.02. The van der Waals surface area contributed by atoms with E-state index in [1.165, 1.54) is 10.6 Å². The lowest BCUT2D eigenvalue weighted by Crippen LogP contribution is -2.05. The van der Waals surface area contributed by atoms with E-state index in [4.69, 9.17) is 4.74 Å². The lowest BCUT2D eigenvalue weighted by Gasteiger charge is -2.07. The first-order valence-corrected chi connectivity index (χ1v) is 7.53. The molecule has 2 heterocycles. The third kappa shape index (κ3) is 1.34. The van der Waals surface area contributed by atoms with E-state index in [9.17, 15) is 4.79 Å². The van der Waals surface area contributed by atoms with Crippen LogP contribution in [0.15, 0.2) is 6.20 Å². The summed E-state index contributed by atoms with van der Waals surface area (Å²) in [5.74, 6) is 1.17. The number of aromatic nitrogens is 2. The Morgan fingerprint density at radius 1 is 1.63 bits per heavy atom. The van der Waals surface area contributed by atoms with Gasteiger partial charge in [0.05, 0.1) is 6.61 Å². The van der Waals surface area contributed by atoms with Gasteiger partial charge in [-0.05, 0) is 24.7 Å². The molecule has 100 valence electrons. The minimum atomic E-state index is -0.323. The molecule has 5 heteroatoms. The van der Waals surface area contributed by atoms with Gasteiger partial charge in [-0.2, -0.15) is 0 Å². The van der Waals surface area contributed by atoms with Crippen LogP contribution in [0.5, 0.6) is 0 Å². The summed E-state index contributed by atoms with van der Waals surface area (Å²) in [7, 11) is 0. The van der Waals surface area contributed by atoms with Crippen molar-refractivity contribution >= 4 is 22.3 Å². The number of carbonyl (C=O) groups excluding carboxylic acids is 1. The van der Waals surface area contributed by atoms with Crippen LogP contribution >= 0.6 is 11.3 Å². The van der Waals surface area contributed by atoms with Gasteiger partial charge in [0.1, 0.15) is 0 Å². The standard InChI is InChI=1S/C14H16N2O2S/c1-4-18-12(17)8-6-16-9-5-7-10(14(7,2)3)11(9)19-13(16)15-8/h6-7,10H,4-5H2,1-3H3. The quantitative estimate of drug-likeness (QED) is 0.792. The van der Waals surface area contributed by atoms with Crippen LogP contribution in [0.1, 0.15) is 47.7 Å². The molecule has 0 aliphatic heterocycles. The smallest absolute Gasteiger partial charge is 0.358 e. The van der Waals surface area contributed by atoms with Crippen molar-refractivity contribution in [3.8, 4) is 0 Å². The Morgan fingerprint density at radius 2 is 2.42 bits per heavy atom. The van der Waals surface area contributed by atoms with Crippen molar-refractivity contribution < 1.29 is 9.53 Å². The number of fused-ring (bicyclic) bond motifs is 5. The molecule has 0 N–H and O–H groups in total. The van der Waals surface area contributed by atoms with Gasteiger partial charge in [-0.3, -0.25) is 4.40 Å². The van der Waals surface area contributed by atoms with Crippen LogP contribution < -0.4 is 0 Å². The maximum absolute atomic E-state index is 11.7. The molecule has 2 aromatic rings. The van der Waals surface area contributed by atoms with Gasteiger partial charge in [-0.25, -0.2) is 9.78 Å². The van der Waals surface area contributed by atoms with Gasteiger partial charge in [0, 0.05) is 22.7 Å². The molecule has 0 saturated heterocycles. The third-order valence-electron chi connectivity index (χ3n) is 4.68. The lowest BCUT2D eigenvalue weighted by atomic mass is 10.0. The zero-order valence-electron chi connectivity index (χ0n) is 11.3. The van der Waals surface area contributed by atoms with E-state index in [1.54, 1.807) is 11.3 Å². The maximum Gasteiger partial charge on any atom is 0.358 e. The predicted octanol–water partition coefficient (Wildman–Crippen LogP) is 2.87. The van der Waals surface area contributed by atoms with Crippen molar-refractivity contribution in [3.63, 3.8) is 0 Å². The summed E-state index contributed by atoms with van der Waals surface area (Å²) in [6, 6.07) is 0. The number of esters is 1. The number of imidazole rings is 1. The average Bonchev–Trinajstić information content (AvgIpc) is 2.77. The first-order valence-electron chi connectivity index (χ1n) is 6.71. The predicted molar refractivity (Wildman–Crippen MR) is 72.7 cm³/mol. The highest BCUT2D eigenvalue weighted by atomic mass is 32.1. The number of nitrogens with zero attached hydrogens (tertiary/aromatic N) is 2. The number of hydrogen-bond acceptors (Lipinski definition) is 4. The molecule has 4 rings (SSSR count). The van der Waals surface area contributed by atoms with E-state index in [2.05, 4.69) is 23.2 Å². The van der Waals surface area contributed by atoms with Crippen LogP contribution in [0.4, 0.5) is 0 Å². The molecule has 4 nitrogen and oxygen atoms in total. The van der Waals surface area contributed by atoms with Crippen LogP contribution in [0.2, 0.25) is 0 Å². The minimum absolute atomic E-state index is 0.323. The van der Waals surface area contributed by atoms with Gasteiger partial charge < -0.3 is 4.74 Å². The molecule has 1 fully saturated rings. The van der Waals surface area contributed by atoms with E-state index in [1.807, 2.05) is 13.1 Å². The summed E-state index contributed by atoms with van der Waals surface area (Å²) >= 11 is 1.74. The highest BCUT2D eigenvalue weighted by Gasteiger charge is 2.63. The van der Waals surface area contributed by atoms with E-state index in [-0.39, 0.29) is 5.97 Å². The Balaban J connectivity index is 1.75. The third-order valence-corrected chi connectivity index (χ3v) is 5.86. The van der Waals surface area contributed by atoms with Crippen LogP contribution in [-0.2, 0) is 11.2 Å². The van der Waals surface area contributed by atoms with Gasteiger partial charge in [-0.1, -0.05) is 13.8 Å². The van der Waals surface area contributed by atoms with Crippen molar-refractivity contribution in [3.05, 3.63) is 22.5 Å². The Hall–Kier alpha value is -1.36. The molecule has 2 aromatic heterocycles. The largest absolute Gasteiger partial charge is 0.461 e. The Labute approximate surface area is 115 Å². The summed E-state index contributed by atoms with van der Waals surface area (Å²) < 4.78 is 7.09. The number of rotatable bonds is 2. The van der Waals surface area contributed by atoms with Crippen LogP contribution in [-0.4, -0.2) is 22.0 Å². The molecule has 2 aliphatic rings. The van der Waals surface area contributed by atoms with E-state index in [0.29, 0.717) is 23.6 Å². The van der Waals surface area contributed by atoms with Gasteiger partial charge in [0.25, 0.3) is 0 Å². The Kier molecular flexibility index (Phi) is 2.05. The molecule has 0 amide bonds. The number of ether oxygens (including phenoxy) is 1. The average molecular weight is 276 g/mol. The van der Waals surface area contributed by atoms with Gasteiger partial charge in [-0.15, -0.1) is 11.3 Å². The highest BCUT2D eigenvalue weighted by molar-refractivity contribution is 7.17. The molecule has 0 aromatic carbocycles. The van der Waals surface area contributed by atoms with Crippen molar-refractivity contribution in [1.29, 1.82) is 0 Å². The zero-order valence-corrected chi connectivity index (χ0v) is 12.1. The first-order chi connectivity index (χ1) is 9.04. The molecule has 2 atom stereocenters. The Bertz CT molecular complexity index is 698. The van der Waals surface area contributed by atoms with Crippen LogP contribution in [0.3, 0.4) is 0 Å². The van der Waals surface area contributed by atoms with Gasteiger partial charge in [0.2, 0.25) is 0 Å². The number of thiazole rings is 1. The van der Waals surface area contributed by atoms with Gasteiger partial charge in [0.15, 0.2) is 10.7 Å². The molecule has 1 saturated carbocycles. The molecular formula is C14H16N2O2S. The highest BCUT2D eigenvalue weighted by Crippen LogP contribution is 2.71. The van der Waals surface area contributed by atoms with Crippen LogP contribution in [0.25, 0.3) is 4.96 Å². The van der Waals surface area contributed by atoms with E-state index < -0.39 is 0 Å². The fraction of sp³-hybridized carbons (Fsp3) is 0.571. The molecule has 0 bridgehead atoms. The normalized spacial score (nSPS) is 26.3. The van der Waals surface area contributed by atoms with Crippen molar-refractivity contribution in [2.45, 2.75) is 33.1 Å². The summed E-state index contributed by atoms with van der Waals surface area (Å²) in [6.45, 7) is 6.89. The fourth-order valence-corrected chi connectivity index (χ4v) is 5.00. The van der Waals surface area contributed by atoms with Crippen molar-refractivity contribution in [1.82, 2.24) is 9.38 Å². The van der Waals surface area contributed by atoms with Crippen LogP contribution in [0, 0.1) is 11.3 Å². The van der Waals surface area contributed by atoms with E-state index >= 15 is 0 Å². The summed E-state index contributed by atoms with van der Waals surface area (Å²) in [4.78, 5) is 18.5. The van der Waals surface area contributed by atoms with Crippen molar-refractivity contribution in [2.24, 2.45) is 11.3 Å². The molecule has 0 spiro atoms. The second kappa shape index (κ2) is 3.39. The first kappa shape index (κ1) is 11.5. The molecule has 2 aliphatic carbocycles. The molecule has 19 heavy (non-hydrogen) atoms. The molecule has 2 unspecified atom stereocenters. The SMILES string of the molecule is CCOC(=O)c1cn2c3c(sc2n1)C1C(C3)C1(C)C. The summed E-state index contributed by atoms with van der Waals surface area (Å²) in [5, 5.41) is 0. The number of hydrogen-bond donors (Lipinski definition) is 0. The molecule has 0 radical (unpaired) electrons. The van der Waals surface area contributed by atoms with E-state index in [0.717, 1.165) is 17.3 Å². The zero-order chi connectivity index (χ0) is 13.4. The maximum atomic E-state index is 11.7. The minimum Gasteiger partial charge on any atom is -0.461 e. The second-order valence-corrected chi connectivity index (χ2v) is 7.03. The summed E-state index contributed by atoms with van der Waals surface area (Å²) in [5.41, 5.74) is 2.24. The molecular weight excluding hydrogens is 260 g/mol. The fourth-order valence-electron chi connectivity index (χ4n) is 3.50. The Morgan fingerprint density at radius 3 is 3.16 bits per heavy atom. The monoisotopic (exact) mass is 276 g/mol.